The first-order valence-electron chi connectivity index (χ1n) is 37.7. The molecular weight excluding hydrogens is 2490 g/mol. The second-order valence-corrected chi connectivity index (χ2v) is 28.1. The molecule has 0 aliphatic heterocycles. The van der Waals surface area contributed by atoms with Crippen molar-refractivity contribution in [2.75, 3.05) is 0 Å². The maximum atomic E-state index is 13.5. The molecular formula is C103H93F2Ir5N7O6S2-6. The molecule has 9 aromatic heterocycles. The summed E-state index contributed by atoms with van der Waals surface area (Å²) < 4.78 is 28.8. The monoisotopic (exact) mass is 2590 g/mol. The van der Waals surface area contributed by atoms with Gasteiger partial charge in [-0.2, -0.15) is 35.9 Å². The number of benzene rings is 6. The van der Waals surface area contributed by atoms with Gasteiger partial charge in [0, 0.05) is 185 Å². The van der Waals surface area contributed by atoms with Crippen molar-refractivity contribution in [2.24, 2.45) is 0 Å². The first-order chi connectivity index (χ1) is 58.0. The summed E-state index contributed by atoms with van der Waals surface area (Å²) in [6.45, 7) is 28.6. The predicted octanol–water partition coefficient (Wildman–Crippen LogP) is 25.2. The fraction of sp³-hybridized carbons (Fsp3) is 0.107. The van der Waals surface area contributed by atoms with Gasteiger partial charge >= 0.3 is 5.97 Å². The number of pyridine rings is 7. The topological polar surface area (TPSA) is 202 Å². The van der Waals surface area contributed by atoms with Gasteiger partial charge < -0.3 is 40.2 Å². The Morgan fingerprint density at radius 3 is 1.33 bits per heavy atom. The van der Waals surface area contributed by atoms with Crippen molar-refractivity contribution in [3.63, 3.8) is 0 Å². The van der Waals surface area contributed by atoms with Crippen LogP contribution in [0.25, 0.3) is 75.1 Å². The number of halogens is 2. The van der Waals surface area contributed by atoms with Crippen LogP contribution >= 0.6 is 22.7 Å². The molecule has 15 aromatic rings. The molecule has 0 atom stereocenters. The number of rotatable bonds is 18. The Balaban J connectivity index is 0.000000707. The summed E-state index contributed by atoms with van der Waals surface area (Å²) in [6.07, 6.45) is 27.9. The number of carboxylic acids is 1. The van der Waals surface area contributed by atoms with Crippen LogP contribution in [0, 0.1) is 55.0 Å². The normalized spacial score (nSPS) is 9.73. The van der Waals surface area contributed by atoms with Gasteiger partial charge in [0.1, 0.15) is 5.69 Å². The van der Waals surface area contributed by atoms with Crippen LogP contribution in [0.3, 0.4) is 0 Å². The Hall–Kier alpha value is -11.0. The van der Waals surface area contributed by atoms with Gasteiger partial charge in [0.2, 0.25) is 0 Å². The van der Waals surface area contributed by atoms with Crippen LogP contribution in [0.5, 0.6) is 0 Å². The largest absolute Gasteiger partial charge is 0.512 e. The van der Waals surface area contributed by atoms with E-state index in [4.69, 9.17) is 15.3 Å². The molecule has 0 saturated heterocycles. The summed E-state index contributed by atoms with van der Waals surface area (Å²) in [5, 5.41) is 27.4. The summed E-state index contributed by atoms with van der Waals surface area (Å²) in [7, 11) is 0. The molecule has 0 amide bonds. The minimum Gasteiger partial charge on any atom is -0.512 e. The van der Waals surface area contributed by atoms with Gasteiger partial charge in [-0.1, -0.05) is 133 Å². The second kappa shape index (κ2) is 64.7. The first kappa shape index (κ1) is 112. The van der Waals surface area contributed by atoms with Crippen LogP contribution in [0.1, 0.15) is 78.5 Å². The van der Waals surface area contributed by atoms with Crippen molar-refractivity contribution in [1.82, 2.24) is 34.9 Å². The number of ketones is 2. The Labute approximate surface area is 808 Å². The number of aliphatic hydroxyl groups excluding tert-OH is 2. The minimum atomic E-state index is -0.990. The fourth-order valence-electron chi connectivity index (χ4n) is 10.3. The van der Waals surface area contributed by atoms with Crippen molar-refractivity contribution >= 4 is 60.4 Å². The van der Waals surface area contributed by atoms with E-state index >= 15 is 0 Å². The van der Waals surface area contributed by atoms with Crippen LogP contribution in [0.15, 0.2) is 367 Å². The number of carbonyl (C=O) groups excluding carboxylic acids is 2. The van der Waals surface area contributed by atoms with E-state index < -0.39 is 17.6 Å². The molecule has 0 aliphatic carbocycles. The first-order valence-corrected chi connectivity index (χ1v) is 39.3. The molecule has 0 saturated carbocycles. The zero-order valence-corrected chi connectivity index (χ0v) is 83.1. The van der Waals surface area contributed by atoms with E-state index in [1.165, 1.54) is 94.9 Å². The van der Waals surface area contributed by atoms with Gasteiger partial charge in [0.25, 0.3) is 0 Å². The van der Waals surface area contributed by atoms with Crippen molar-refractivity contribution in [3.8, 4) is 54.9 Å². The minimum absolute atomic E-state index is 0. The zero-order chi connectivity index (χ0) is 86.7. The molecule has 3 N–H and O–H groups in total. The van der Waals surface area contributed by atoms with E-state index in [0.29, 0.717) is 12.1 Å². The number of hydrogen-bond donors (Lipinski definition) is 3. The maximum Gasteiger partial charge on any atom is 0.354 e. The number of aliphatic hydroxyl groups is 2. The molecule has 13 nitrogen and oxygen atoms in total. The van der Waals surface area contributed by atoms with E-state index in [-0.39, 0.29) is 135 Å². The van der Waals surface area contributed by atoms with Gasteiger partial charge in [-0.05, 0) is 169 Å². The standard InChI is InChI=1S/2C16H12NS.C15H14N.C14H10F2N.C14H12N.C7H7.C6H5NO2.C5H5N.2C5H8O2.5Ir/c1-2-5-12-7-8-13-11-16(18-15(13)10-12)14-6-3-4-9-17-14;1-2-5-12-8-9-17-14(10-12)16-11-13-6-3-4-7-15(13)18-16;1-12(2)11-13-6-8-14(9-7-13)15-5-3-4-10-16-15;1-2-3-10-6-7-17-14(8-10)12-5-4-11(15)9-13(12)16;1-2-6-12-7-5-8-13(11-12)14-9-3-4-10-15-14;1-7-5-3-2-4-6-7;8-6(9)5-3-1-2-4-7-5;1-2-4-6-5-3-1;2*1-4(6)3-5(2)7;;;;;/h2*2-4,6-10H,1,5H2;3-8,10H,1,11H2,2H3;2,4,6-9H,1,3H2;2-5,7,9-11H,1,6H2;2-3,5-6H,1H3;1-4H,(H,8,9);1-5H;2*3,6H,1-2H3;;;;;/q6*-1;;;;;;;;;. The Morgan fingerprint density at radius 1 is 0.416 bits per heavy atom. The maximum absolute atomic E-state index is 13.5. The smallest absolute Gasteiger partial charge is 0.354 e. The molecule has 125 heavy (non-hydrogen) atoms. The number of allylic oxidation sites excluding steroid dienone is 9. The number of aryl methyl sites for hydroxylation is 1. The van der Waals surface area contributed by atoms with Crippen LogP contribution < -0.4 is 0 Å². The molecule has 22 heteroatoms. The third-order valence-corrected chi connectivity index (χ3v) is 17.7. The fourth-order valence-corrected chi connectivity index (χ4v) is 12.4. The molecule has 0 spiro atoms. The summed E-state index contributed by atoms with van der Waals surface area (Å²) in [5.41, 5.74) is 15.1. The summed E-state index contributed by atoms with van der Waals surface area (Å²) in [6, 6.07) is 91.5. The second-order valence-electron chi connectivity index (χ2n) is 26.0. The Kier molecular flexibility index (Phi) is 58.0. The van der Waals surface area contributed by atoms with Gasteiger partial charge in [0.05, 0.1) is 11.5 Å². The summed E-state index contributed by atoms with van der Waals surface area (Å²) >= 11 is 3.47. The van der Waals surface area contributed by atoms with Crippen molar-refractivity contribution < 1.29 is 139 Å². The van der Waals surface area contributed by atoms with Gasteiger partial charge in [-0.3, -0.25) is 23.4 Å². The number of carboxylic acid groups (broad SMARTS) is 1. The third kappa shape index (κ3) is 44.9. The number of aromatic nitrogens is 7. The van der Waals surface area contributed by atoms with Gasteiger partial charge in [-0.25, -0.2) is 32.5 Å². The molecule has 0 fully saturated rings. The van der Waals surface area contributed by atoms with Gasteiger partial charge in [-0.15, -0.1) is 163 Å². The molecule has 0 unspecified atom stereocenters. The third-order valence-electron chi connectivity index (χ3n) is 15.5. The molecule has 5 radical (unpaired) electrons. The average Bonchev–Trinajstić information content (AvgIpc) is 1.67. The van der Waals surface area contributed by atoms with Crippen LogP contribution in [-0.2, 0) is 142 Å². The van der Waals surface area contributed by atoms with Crippen LogP contribution in [0.4, 0.5) is 8.78 Å². The number of nitrogens with zero attached hydrogens (tertiary/aromatic N) is 7. The Morgan fingerprint density at radius 2 is 0.896 bits per heavy atom. The number of thiophene rings is 2. The zero-order valence-electron chi connectivity index (χ0n) is 69.5. The number of fused-ring (bicyclic) bond motifs is 2. The molecule has 6 aromatic carbocycles. The molecule has 0 aliphatic rings. The summed E-state index contributed by atoms with van der Waals surface area (Å²) in [5.74, 6) is -2.42. The van der Waals surface area contributed by atoms with E-state index in [1.54, 1.807) is 77.9 Å². The van der Waals surface area contributed by atoms with Crippen LogP contribution in [0.2, 0.25) is 0 Å². The molecule has 0 bridgehead atoms. The number of aromatic carboxylic acids is 1. The number of hydrogen-bond acceptors (Lipinski definition) is 14. The molecule has 9 heterocycles. The van der Waals surface area contributed by atoms with E-state index in [9.17, 15) is 23.2 Å². The van der Waals surface area contributed by atoms with E-state index in [0.717, 1.165) is 97.8 Å². The SMILES string of the molecule is C=C(C)Cc1c[c-]c(-c2ccccn2)cc1.C=CCc1cc[c-]c(-c2ccccn2)c1.C=CCc1ccc2[c-]c(-c3ccccn3)sc2c1.C=CCc1ccnc(-c2[c-]c3ccccc3s2)c1.C=CCc1ccnc(-c2[c-]cc(F)cc2F)c1.CC(=O)C=C(C)O.CC(=O)C=C(C)O.Cc1c[c-]ccc1.O=C(O)c1ccccn1.[Ir].[Ir].[Ir].[Ir].[Ir].c1ccncc1. The predicted molar refractivity (Wildman–Crippen MR) is 487 cm³/mol. The average molecular weight is 2590 g/mol. The summed E-state index contributed by atoms with van der Waals surface area (Å²) in [4.78, 5) is 61.2. The quantitative estimate of drug-likeness (QED) is 0.0317. The number of carbonyl (C=O) groups is 3. The molecule has 15 rings (SSSR count). The van der Waals surface area contributed by atoms with Crippen molar-refractivity contribution in [1.29, 1.82) is 0 Å². The van der Waals surface area contributed by atoms with Crippen molar-refractivity contribution in [3.05, 3.63) is 454 Å². The Bertz CT molecular complexity index is 5650. The van der Waals surface area contributed by atoms with E-state index in [1.807, 2.05) is 165 Å². The van der Waals surface area contributed by atoms with Gasteiger partial charge in [0.15, 0.2) is 11.6 Å². The molecule has 653 valence electrons. The van der Waals surface area contributed by atoms with Crippen LogP contribution in [-0.4, -0.2) is 67.7 Å². The van der Waals surface area contributed by atoms with Crippen molar-refractivity contribution in [2.45, 2.75) is 73.6 Å². The van der Waals surface area contributed by atoms with E-state index in [2.05, 4.69) is 178 Å².